The van der Waals surface area contributed by atoms with Gasteiger partial charge in [-0.25, -0.2) is 4.79 Å². The molecule has 1 aromatic heterocycles. The maximum atomic E-state index is 12.8. The summed E-state index contributed by atoms with van der Waals surface area (Å²) in [5.41, 5.74) is -2.06. The normalized spacial score (nSPS) is 12.4. The van der Waals surface area contributed by atoms with Crippen LogP contribution >= 0.6 is 0 Å². The minimum atomic E-state index is -1.33. The Balaban J connectivity index is 2.90. The fraction of sp³-hybridized carbons (Fsp3) is 0.375. The van der Waals surface area contributed by atoms with Crippen molar-refractivity contribution in [2.75, 3.05) is 0 Å². The van der Waals surface area contributed by atoms with Crippen LogP contribution in [-0.2, 0) is 11.3 Å². The van der Waals surface area contributed by atoms with Gasteiger partial charge in [0, 0.05) is 0 Å². The smallest absolute Gasteiger partial charge is 0.328 e. The summed E-state index contributed by atoms with van der Waals surface area (Å²) in [5, 5.41) is 17.6. The Morgan fingerprint density at radius 1 is 1.56 bits per heavy atom. The fourth-order valence-electron chi connectivity index (χ4n) is 1.11. The van der Waals surface area contributed by atoms with E-state index >= 15 is 0 Å². The average molecular weight is 232 g/mol. The van der Waals surface area contributed by atoms with Crippen molar-refractivity contribution in [3.63, 3.8) is 0 Å². The Bertz CT molecular complexity index is 506. The highest BCUT2D eigenvalue weighted by atomic mass is 19.1. The van der Waals surface area contributed by atoms with Gasteiger partial charge in [-0.2, -0.15) is 4.39 Å². The zero-order valence-electron chi connectivity index (χ0n) is 8.01. The molecule has 3 N–H and O–H groups in total. The van der Waals surface area contributed by atoms with Crippen LogP contribution < -0.4 is 11.2 Å². The molecule has 1 rings (SSSR count). The number of nitrogens with zero attached hydrogens (tertiary/aromatic N) is 1. The second-order valence-electron chi connectivity index (χ2n) is 3.14. The van der Waals surface area contributed by atoms with Crippen molar-refractivity contribution in [2.24, 2.45) is 0 Å². The van der Waals surface area contributed by atoms with Gasteiger partial charge in [-0.1, -0.05) is 0 Å². The first-order valence-electron chi connectivity index (χ1n) is 4.29. The van der Waals surface area contributed by atoms with E-state index in [4.69, 9.17) is 5.11 Å². The second kappa shape index (κ2) is 4.71. The molecule has 0 amide bonds. The molecule has 0 spiro atoms. The number of halogens is 1. The zero-order chi connectivity index (χ0) is 12.3. The van der Waals surface area contributed by atoms with E-state index in [2.05, 4.69) is 0 Å². The number of aromatic amines is 1. The standard InChI is InChI=1S/C8H9FN2O5/c9-5-3-11(8(16)10-7(5)15)2-4(12)1-6(13)14/h3-4,12H,1-2H2,(H,13,14)(H,10,15,16). The molecule has 0 saturated carbocycles. The van der Waals surface area contributed by atoms with Crippen molar-refractivity contribution in [1.29, 1.82) is 0 Å². The Kier molecular flexibility index (Phi) is 3.56. The van der Waals surface area contributed by atoms with Crippen LogP contribution in [-0.4, -0.2) is 31.8 Å². The van der Waals surface area contributed by atoms with Gasteiger partial charge in [-0.3, -0.25) is 19.1 Å². The number of nitrogens with one attached hydrogen (secondary N) is 1. The SMILES string of the molecule is O=C(O)CC(O)Cn1cc(F)c(=O)[nH]c1=O. The van der Waals surface area contributed by atoms with Gasteiger partial charge in [0.15, 0.2) is 0 Å². The van der Waals surface area contributed by atoms with Crippen LogP contribution in [0, 0.1) is 5.82 Å². The van der Waals surface area contributed by atoms with Crippen LogP contribution in [0.2, 0.25) is 0 Å². The van der Waals surface area contributed by atoms with Gasteiger partial charge in [0.25, 0.3) is 5.56 Å². The van der Waals surface area contributed by atoms with Gasteiger partial charge in [0.1, 0.15) is 0 Å². The maximum Gasteiger partial charge on any atom is 0.328 e. The molecule has 0 aliphatic carbocycles. The summed E-state index contributed by atoms with van der Waals surface area (Å²) in [4.78, 5) is 33.7. The number of aromatic nitrogens is 2. The predicted octanol–water partition coefficient (Wildman–Crippen LogP) is -1.49. The van der Waals surface area contributed by atoms with Crippen molar-refractivity contribution < 1.29 is 19.4 Å². The zero-order valence-corrected chi connectivity index (χ0v) is 8.01. The molecule has 0 aliphatic rings. The third-order valence-electron chi connectivity index (χ3n) is 1.79. The number of carbonyl (C=O) groups is 1. The minimum absolute atomic E-state index is 0.404. The topological polar surface area (TPSA) is 112 Å². The summed E-state index contributed by atoms with van der Waals surface area (Å²) in [6.07, 6.45) is -1.29. The molecule has 0 saturated heterocycles. The third kappa shape index (κ3) is 3.02. The first kappa shape index (κ1) is 12.1. The Labute approximate surface area is 87.8 Å². The number of aliphatic carboxylic acids is 1. The molecule has 1 heterocycles. The van der Waals surface area contributed by atoms with E-state index in [1.165, 1.54) is 0 Å². The molecule has 16 heavy (non-hydrogen) atoms. The van der Waals surface area contributed by atoms with E-state index in [9.17, 15) is 23.9 Å². The number of hydrogen-bond donors (Lipinski definition) is 3. The molecule has 1 atom stereocenters. The monoisotopic (exact) mass is 232 g/mol. The van der Waals surface area contributed by atoms with Crippen molar-refractivity contribution in [3.8, 4) is 0 Å². The lowest BCUT2D eigenvalue weighted by Crippen LogP contribution is -2.34. The summed E-state index contributed by atoms with van der Waals surface area (Å²) < 4.78 is 13.5. The molecule has 8 heteroatoms. The molecule has 0 radical (unpaired) electrons. The van der Waals surface area contributed by atoms with Gasteiger partial charge in [0.2, 0.25) is 5.82 Å². The highest BCUT2D eigenvalue weighted by Gasteiger charge is 2.12. The van der Waals surface area contributed by atoms with Gasteiger partial charge in [-0.15, -0.1) is 0 Å². The summed E-state index contributed by atoms with van der Waals surface area (Å²) in [5.74, 6) is -2.42. The van der Waals surface area contributed by atoms with E-state index < -0.39 is 42.1 Å². The lowest BCUT2D eigenvalue weighted by atomic mass is 10.2. The molecule has 0 aromatic carbocycles. The number of carboxylic acids is 1. The van der Waals surface area contributed by atoms with Gasteiger partial charge < -0.3 is 10.2 Å². The highest BCUT2D eigenvalue weighted by molar-refractivity contribution is 5.67. The van der Waals surface area contributed by atoms with Gasteiger partial charge >= 0.3 is 11.7 Å². The quantitative estimate of drug-likeness (QED) is 0.585. The first-order valence-corrected chi connectivity index (χ1v) is 4.29. The van der Waals surface area contributed by atoms with E-state index in [0.717, 1.165) is 0 Å². The molecule has 88 valence electrons. The predicted molar refractivity (Wildman–Crippen MR) is 49.5 cm³/mol. The van der Waals surface area contributed by atoms with Crippen molar-refractivity contribution in [2.45, 2.75) is 19.1 Å². The van der Waals surface area contributed by atoms with Crippen LogP contribution in [0.1, 0.15) is 6.42 Å². The van der Waals surface area contributed by atoms with E-state index in [0.29, 0.717) is 10.8 Å². The van der Waals surface area contributed by atoms with Gasteiger partial charge in [-0.05, 0) is 0 Å². The largest absolute Gasteiger partial charge is 0.481 e. The van der Waals surface area contributed by atoms with Crippen molar-refractivity contribution in [3.05, 3.63) is 32.9 Å². The van der Waals surface area contributed by atoms with E-state index in [1.54, 1.807) is 4.98 Å². The molecule has 1 unspecified atom stereocenters. The number of H-pyrrole nitrogens is 1. The molecule has 7 nitrogen and oxygen atoms in total. The van der Waals surface area contributed by atoms with Crippen LogP contribution in [0.15, 0.2) is 15.8 Å². The van der Waals surface area contributed by atoms with Crippen LogP contribution in [0.3, 0.4) is 0 Å². The number of aliphatic hydroxyl groups excluding tert-OH is 1. The summed E-state index contributed by atoms with van der Waals surface area (Å²) in [6, 6.07) is 0. The first-order chi connectivity index (χ1) is 7.40. The van der Waals surface area contributed by atoms with E-state index in [-0.39, 0.29) is 0 Å². The molecular formula is C8H9FN2O5. The second-order valence-corrected chi connectivity index (χ2v) is 3.14. The highest BCUT2D eigenvalue weighted by Crippen LogP contribution is 1.95. The maximum absolute atomic E-state index is 12.8. The third-order valence-corrected chi connectivity index (χ3v) is 1.79. The molecule has 0 bridgehead atoms. The summed E-state index contributed by atoms with van der Waals surface area (Å²) in [7, 11) is 0. The minimum Gasteiger partial charge on any atom is -0.481 e. The van der Waals surface area contributed by atoms with Crippen molar-refractivity contribution >= 4 is 5.97 Å². The Morgan fingerprint density at radius 3 is 2.75 bits per heavy atom. The Morgan fingerprint density at radius 2 is 2.19 bits per heavy atom. The lowest BCUT2D eigenvalue weighted by molar-refractivity contribution is -0.139. The molecule has 1 aromatic rings. The summed E-state index contributed by atoms with van der Waals surface area (Å²) >= 11 is 0. The van der Waals surface area contributed by atoms with Crippen LogP contribution in [0.5, 0.6) is 0 Å². The lowest BCUT2D eigenvalue weighted by Gasteiger charge is -2.09. The van der Waals surface area contributed by atoms with Crippen LogP contribution in [0.25, 0.3) is 0 Å². The molecule has 0 aliphatic heterocycles. The number of aliphatic hydroxyl groups is 1. The number of hydrogen-bond acceptors (Lipinski definition) is 4. The Hall–Kier alpha value is -1.96. The molecular weight excluding hydrogens is 223 g/mol. The fourth-order valence-corrected chi connectivity index (χ4v) is 1.11. The molecule has 0 fully saturated rings. The summed E-state index contributed by atoms with van der Waals surface area (Å²) in [6.45, 7) is -0.404. The van der Waals surface area contributed by atoms with Gasteiger partial charge in [0.05, 0.1) is 25.3 Å². The van der Waals surface area contributed by atoms with E-state index in [1.807, 2.05) is 0 Å². The number of rotatable bonds is 4. The number of carboxylic acid groups (broad SMARTS) is 1. The average Bonchev–Trinajstić information content (AvgIpc) is 2.12. The van der Waals surface area contributed by atoms with Crippen molar-refractivity contribution in [1.82, 2.24) is 9.55 Å². The van der Waals surface area contributed by atoms with Crippen LogP contribution in [0.4, 0.5) is 4.39 Å².